The van der Waals surface area contributed by atoms with Crippen molar-refractivity contribution in [3.8, 4) is 0 Å². The average Bonchev–Trinajstić information content (AvgIpc) is 3.18. The average molecular weight is 343 g/mol. The third-order valence-corrected chi connectivity index (χ3v) is 4.97. The Morgan fingerprint density at radius 1 is 1.25 bits per heavy atom. The number of thiocarbonyl (C=S) groups is 1. The molecule has 3 heterocycles. The standard InChI is InChI=1S/C19H26N4S/c1-4-5-12-23-18(16-10-8-13-22(16)14(2)3)17(21-19(23)24)15-9-6-7-11-20-15/h6-11,13-14,17-18H,4-5,12H2,1-3H3,(H,21,24)/t17-,18-/m0/s1. The highest BCUT2D eigenvalue weighted by Gasteiger charge is 2.40. The highest BCUT2D eigenvalue weighted by atomic mass is 32.1. The van der Waals surface area contributed by atoms with Crippen LogP contribution < -0.4 is 5.32 Å². The van der Waals surface area contributed by atoms with Gasteiger partial charge in [0.1, 0.15) is 0 Å². The highest BCUT2D eigenvalue weighted by molar-refractivity contribution is 7.80. The molecule has 3 rings (SSSR count). The molecule has 0 spiro atoms. The molecule has 2 aromatic heterocycles. The van der Waals surface area contributed by atoms with E-state index >= 15 is 0 Å². The Morgan fingerprint density at radius 2 is 2.08 bits per heavy atom. The van der Waals surface area contributed by atoms with Crippen LogP contribution in [0.15, 0.2) is 42.7 Å². The van der Waals surface area contributed by atoms with E-state index in [4.69, 9.17) is 12.2 Å². The first-order chi connectivity index (χ1) is 11.6. The summed E-state index contributed by atoms with van der Waals surface area (Å²) in [6.07, 6.45) is 6.31. The van der Waals surface area contributed by atoms with Gasteiger partial charge in [0.25, 0.3) is 0 Å². The van der Waals surface area contributed by atoms with Gasteiger partial charge in [-0.25, -0.2) is 0 Å². The molecular weight excluding hydrogens is 316 g/mol. The van der Waals surface area contributed by atoms with Crippen molar-refractivity contribution in [2.75, 3.05) is 6.54 Å². The molecule has 1 aliphatic rings. The third-order valence-electron chi connectivity index (χ3n) is 4.62. The van der Waals surface area contributed by atoms with Crippen molar-refractivity contribution in [3.63, 3.8) is 0 Å². The fraction of sp³-hybridized carbons (Fsp3) is 0.474. The number of aromatic nitrogens is 2. The minimum absolute atomic E-state index is 0.0861. The van der Waals surface area contributed by atoms with Crippen molar-refractivity contribution in [1.82, 2.24) is 19.8 Å². The van der Waals surface area contributed by atoms with Crippen molar-refractivity contribution in [3.05, 3.63) is 54.1 Å². The molecule has 4 nitrogen and oxygen atoms in total. The second kappa shape index (κ2) is 7.34. The minimum Gasteiger partial charge on any atom is -0.352 e. The molecule has 0 bridgehead atoms. The maximum Gasteiger partial charge on any atom is 0.170 e. The van der Waals surface area contributed by atoms with Crippen LogP contribution in [0.1, 0.15) is 63.1 Å². The Bertz CT molecular complexity index is 680. The largest absolute Gasteiger partial charge is 0.352 e. The number of nitrogens with zero attached hydrogens (tertiary/aromatic N) is 3. The number of pyridine rings is 1. The number of nitrogens with one attached hydrogen (secondary N) is 1. The lowest BCUT2D eigenvalue weighted by Gasteiger charge is -2.29. The first kappa shape index (κ1) is 17.0. The summed E-state index contributed by atoms with van der Waals surface area (Å²) in [5.41, 5.74) is 2.34. The lowest BCUT2D eigenvalue weighted by atomic mass is 10.0. The predicted octanol–water partition coefficient (Wildman–Crippen LogP) is 4.24. The number of unbranched alkanes of at least 4 members (excludes halogenated alkanes) is 1. The van der Waals surface area contributed by atoms with Crippen molar-refractivity contribution in [2.45, 2.75) is 51.7 Å². The van der Waals surface area contributed by atoms with Crippen LogP contribution in [0, 0.1) is 0 Å². The maximum absolute atomic E-state index is 5.67. The van der Waals surface area contributed by atoms with E-state index in [0.29, 0.717) is 6.04 Å². The third kappa shape index (κ3) is 3.18. The smallest absolute Gasteiger partial charge is 0.170 e. The number of hydrogen-bond donors (Lipinski definition) is 1. The van der Waals surface area contributed by atoms with E-state index < -0.39 is 0 Å². The van der Waals surface area contributed by atoms with Crippen LogP contribution in [0.5, 0.6) is 0 Å². The molecule has 0 aliphatic carbocycles. The SMILES string of the molecule is CCCCN1C(=S)N[C@@H](c2ccccn2)[C@@H]1c1cccn1C(C)C. The summed E-state index contributed by atoms with van der Waals surface area (Å²) in [7, 11) is 0. The van der Waals surface area contributed by atoms with E-state index in [-0.39, 0.29) is 12.1 Å². The van der Waals surface area contributed by atoms with Gasteiger partial charge in [-0.15, -0.1) is 0 Å². The van der Waals surface area contributed by atoms with Crippen LogP contribution in [0.2, 0.25) is 0 Å². The van der Waals surface area contributed by atoms with E-state index in [2.05, 4.69) is 64.9 Å². The molecule has 0 amide bonds. The normalized spacial score (nSPS) is 20.7. The van der Waals surface area contributed by atoms with E-state index in [9.17, 15) is 0 Å². The summed E-state index contributed by atoms with van der Waals surface area (Å²) in [6.45, 7) is 7.63. The van der Waals surface area contributed by atoms with Gasteiger partial charge in [0.2, 0.25) is 0 Å². The summed E-state index contributed by atoms with van der Waals surface area (Å²) in [6, 6.07) is 11.1. The number of rotatable bonds is 6. The Balaban J connectivity index is 2.02. The Hall–Kier alpha value is -1.88. The van der Waals surface area contributed by atoms with Crippen LogP contribution in [-0.4, -0.2) is 26.1 Å². The van der Waals surface area contributed by atoms with Gasteiger partial charge in [0.05, 0.1) is 17.8 Å². The van der Waals surface area contributed by atoms with E-state index in [1.54, 1.807) is 0 Å². The van der Waals surface area contributed by atoms with Gasteiger partial charge in [-0.2, -0.15) is 0 Å². The van der Waals surface area contributed by atoms with E-state index in [1.807, 2.05) is 18.3 Å². The molecule has 1 N–H and O–H groups in total. The molecule has 128 valence electrons. The molecule has 24 heavy (non-hydrogen) atoms. The molecule has 2 aromatic rings. The van der Waals surface area contributed by atoms with Crippen molar-refractivity contribution in [1.29, 1.82) is 0 Å². The molecule has 5 heteroatoms. The molecule has 1 saturated heterocycles. The van der Waals surface area contributed by atoms with Gasteiger partial charge in [-0.05, 0) is 56.8 Å². The van der Waals surface area contributed by atoms with Gasteiger partial charge < -0.3 is 14.8 Å². The molecule has 2 atom stereocenters. The lowest BCUT2D eigenvalue weighted by molar-refractivity contribution is 0.295. The predicted molar refractivity (Wildman–Crippen MR) is 102 cm³/mol. The Morgan fingerprint density at radius 3 is 2.75 bits per heavy atom. The summed E-state index contributed by atoms with van der Waals surface area (Å²) < 4.78 is 2.34. The number of hydrogen-bond acceptors (Lipinski definition) is 2. The zero-order chi connectivity index (χ0) is 17.1. The fourth-order valence-corrected chi connectivity index (χ4v) is 3.76. The quantitative estimate of drug-likeness (QED) is 0.796. The van der Waals surface area contributed by atoms with Gasteiger partial charge in [-0.3, -0.25) is 4.98 Å². The lowest BCUT2D eigenvalue weighted by Crippen LogP contribution is -2.31. The molecule has 0 radical (unpaired) electrons. The topological polar surface area (TPSA) is 33.1 Å². The second-order valence-corrected chi connectivity index (χ2v) is 6.99. The highest BCUT2D eigenvalue weighted by Crippen LogP contribution is 2.39. The minimum atomic E-state index is 0.0861. The fourth-order valence-electron chi connectivity index (χ4n) is 3.42. The zero-order valence-corrected chi connectivity index (χ0v) is 15.5. The first-order valence-electron chi connectivity index (χ1n) is 8.78. The van der Waals surface area contributed by atoms with Gasteiger partial charge >= 0.3 is 0 Å². The van der Waals surface area contributed by atoms with E-state index in [1.165, 1.54) is 5.69 Å². The van der Waals surface area contributed by atoms with E-state index in [0.717, 1.165) is 30.2 Å². The van der Waals surface area contributed by atoms with Crippen LogP contribution in [-0.2, 0) is 0 Å². The Kier molecular flexibility index (Phi) is 5.19. The van der Waals surface area contributed by atoms with Crippen LogP contribution in [0.4, 0.5) is 0 Å². The van der Waals surface area contributed by atoms with Crippen molar-refractivity contribution in [2.24, 2.45) is 0 Å². The molecule has 1 fully saturated rings. The van der Waals surface area contributed by atoms with Gasteiger partial charge in [-0.1, -0.05) is 19.4 Å². The Labute approximate surface area is 149 Å². The van der Waals surface area contributed by atoms with Crippen LogP contribution in [0.25, 0.3) is 0 Å². The maximum atomic E-state index is 5.67. The summed E-state index contributed by atoms with van der Waals surface area (Å²) in [4.78, 5) is 6.93. The second-order valence-electron chi connectivity index (χ2n) is 6.61. The summed E-state index contributed by atoms with van der Waals surface area (Å²) in [5.74, 6) is 0. The molecule has 0 aromatic carbocycles. The van der Waals surface area contributed by atoms with Crippen molar-refractivity contribution < 1.29 is 0 Å². The van der Waals surface area contributed by atoms with Crippen LogP contribution in [0.3, 0.4) is 0 Å². The zero-order valence-electron chi connectivity index (χ0n) is 14.6. The molecular formula is C19H26N4S. The van der Waals surface area contributed by atoms with Gasteiger partial charge in [0.15, 0.2) is 5.11 Å². The van der Waals surface area contributed by atoms with Gasteiger partial charge in [0, 0.05) is 30.7 Å². The summed E-state index contributed by atoms with van der Waals surface area (Å²) >= 11 is 5.67. The molecule has 0 saturated carbocycles. The van der Waals surface area contributed by atoms with Crippen LogP contribution >= 0.6 is 12.2 Å². The first-order valence-corrected chi connectivity index (χ1v) is 9.19. The monoisotopic (exact) mass is 342 g/mol. The molecule has 1 aliphatic heterocycles. The summed E-state index contributed by atoms with van der Waals surface area (Å²) in [5, 5.41) is 4.35. The van der Waals surface area contributed by atoms with Crippen molar-refractivity contribution >= 4 is 17.3 Å². The molecule has 0 unspecified atom stereocenters.